The molecule has 2 rings (SSSR count). The topological polar surface area (TPSA) is 24.5 Å². The highest BCUT2D eigenvalue weighted by molar-refractivity contribution is 9.10. The number of halogens is 1. The van der Waals surface area contributed by atoms with Gasteiger partial charge in [0.2, 0.25) is 0 Å². The van der Waals surface area contributed by atoms with Crippen molar-refractivity contribution in [2.24, 2.45) is 5.92 Å². The highest BCUT2D eigenvalue weighted by Gasteiger charge is 2.17. The van der Waals surface area contributed by atoms with Crippen LogP contribution in [0.1, 0.15) is 25.3 Å². The van der Waals surface area contributed by atoms with Crippen molar-refractivity contribution in [2.75, 3.05) is 33.3 Å². The van der Waals surface area contributed by atoms with Gasteiger partial charge in [0.15, 0.2) is 0 Å². The lowest BCUT2D eigenvalue weighted by Gasteiger charge is -2.29. The molecule has 0 unspecified atom stereocenters. The summed E-state index contributed by atoms with van der Waals surface area (Å²) in [6, 6.07) is 6.24. The van der Waals surface area contributed by atoms with Crippen LogP contribution in [0.2, 0.25) is 0 Å². The molecule has 20 heavy (non-hydrogen) atoms. The van der Waals surface area contributed by atoms with Gasteiger partial charge in [-0.1, -0.05) is 22.9 Å². The van der Waals surface area contributed by atoms with Gasteiger partial charge in [0.1, 0.15) is 5.75 Å². The van der Waals surface area contributed by atoms with Crippen LogP contribution < -0.4 is 10.1 Å². The summed E-state index contributed by atoms with van der Waals surface area (Å²) < 4.78 is 6.60. The predicted octanol–water partition coefficient (Wildman–Crippen LogP) is 3.28. The maximum atomic E-state index is 5.48. The fraction of sp³-hybridized carbons (Fsp3) is 0.625. The predicted molar refractivity (Wildman–Crippen MR) is 87.2 cm³/mol. The van der Waals surface area contributed by atoms with E-state index in [1.54, 1.807) is 7.11 Å². The summed E-state index contributed by atoms with van der Waals surface area (Å²) in [6.45, 7) is 7.81. The lowest BCUT2D eigenvalue weighted by molar-refractivity contribution is 0.205. The minimum absolute atomic E-state index is 0.828. The number of rotatable bonds is 6. The molecule has 0 amide bonds. The second-order valence-electron chi connectivity index (χ2n) is 5.48. The van der Waals surface area contributed by atoms with Gasteiger partial charge < -0.3 is 10.1 Å². The highest BCUT2D eigenvalue weighted by Crippen LogP contribution is 2.25. The van der Waals surface area contributed by atoms with E-state index in [0.717, 1.165) is 29.2 Å². The van der Waals surface area contributed by atoms with E-state index in [4.69, 9.17) is 4.74 Å². The van der Waals surface area contributed by atoms with Crippen molar-refractivity contribution < 1.29 is 4.74 Å². The van der Waals surface area contributed by atoms with Gasteiger partial charge in [-0.25, -0.2) is 0 Å². The molecule has 1 aliphatic heterocycles. The van der Waals surface area contributed by atoms with Crippen molar-refractivity contribution in [2.45, 2.75) is 26.3 Å². The standard InChI is InChI=1S/C16H25BrN2O/c1-3-19(11-13-6-8-18-9-7-13)12-14-10-15(17)4-5-16(14)20-2/h4-5,10,13,18H,3,6-9,11-12H2,1-2H3. The van der Waals surface area contributed by atoms with Crippen LogP contribution in [0.5, 0.6) is 5.75 Å². The largest absolute Gasteiger partial charge is 0.496 e. The molecule has 1 saturated heterocycles. The van der Waals surface area contributed by atoms with E-state index in [2.05, 4.69) is 39.1 Å². The minimum atomic E-state index is 0.828. The number of methoxy groups -OCH3 is 1. The Hall–Kier alpha value is -0.580. The summed E-state index contributed by atoms with van der Waals surface area (Å²) in [6.07, 6.45) is 2.60. The molecule has 112 valence electrons. The summed E-state index contributed by atoms with van der Waals surface area (Å²) in [7, 11) is 1.75. The Morgan fingerprint density at radius 2 is 2.10 bits per heavy atom. The van der Waals surface area contributed by atoms with E-state index in [1.165, 1.54) is 38.0 Å². The number of nitrogens with one attached hydrogen (secondary N) is 1. The van der Waals surface area contributed by atoms with Crippen LogP contribution in [-0.4, -0.2) is 38.2 Å². The molecular formula is C16H25BrN2O. The van der Waals surface area contributed by atoms with Gasteiger partial charge in [0.25, 0.3) is 0 Å². The summed E-state index contributed by atoms with van der Waals surface area (Å²) in [5.41, 5.74) is 1.26. The number of piperidine rings is 1. The van der Waals surface area contributed by atoms with Crippen molar-refractivity contribution in [3.8, 4) is 5.75 Å². The molecule has 1 N–H and O–H groups in total. The zero-order valence-corrected chi connectivity index (χ0v) is 14.1. The SMILES string of the molecule is CCN(Cc1cc(Br)ccc1OC)CC1CCNCC1. The number of nitrogens with zero attached hydrogens (tertiary/aromatic N) is 1. The normalized spacial score (nSPS) is 16.6. The lowest BCUT2D eigenvalue weighted by Crippen LogP contribution is -2.36. The van der Waals surface area contributed by atoms with E-state index < -0.39 is 0 Å². The molecule has 1 heterocycles. The fourth-order valence-electron chi connectivity index (χ4n) is 2.85. The van der Waals surface area contributed by atoms with Crippen LogP contribution in [0.25, 0.3) is 0 Å². The quantitative estimate of drug-likeness (QED) is 0.859. The monoisotopic (exact) mass is 340 g/mol. The zero-order chi connectivity index (χ0) is 14.4. The average Bonchev–Trinajstić information content (AvgIpc) is 2.48. The van der Waals surface area contributed by atoms with Crippen LogP contribution in [0, 0.1) is 5.92 Å². The average molecular weight is 341 g/mol. The van der Waals surface area contributed by atoms with E-state index in [1.807, 2.05) is 12.1 Å². The van der Waals surface area contributed by atoms with Crippen molar-refractivity contribution in [1.29, 1.82) is 0 Å². The van der Waals surface area contributed by atoms with E-state index >= 15 is 0 Å². The van der Waals surface area contributed by atoms with Crippen molar-refractivity contribution >= 4 is 15.9 Å². The van der Waals surface area contributed by atoms with E-state index in [0.29, 0.717) is 0 Å². The highest BCUT2D eigenvalue weighted by atomic mass is 79.9. The molecule has 0 atom stereocenters. The van der Waals surface area contributed by atoms with E-state index in [9.17, 15) is 0 Å². The maximum absolute atomic E-state index is 5.48. The Morgan fingerprint density at radius 3 is 2.75 bits per heavy atom. The molecule has 0 spiro atoms. The first-order valence-electron chi connectivity index (χ1n) is 7.48. The summed E-state index contributed by atoms with van der Waals surface area (Å²) in [5.74, 6) is 1.81. The van der Waals surface area contributed by atoms with Crippen molar-refractivity contribution in [3.05, 3.63) is 28.2 Å². The maximum Gasteiger partial charge on any atom is 0.123 e. The second kappa shape index (κ2) is 8.01. The van der Waals surface area contributed by atoms with Gasteiger partial charge >= 0.3 is 0 Å². The Morgan fingerprint density at radius 1 is 1.35 bits per heavy atom. The number of ether oxygens (including phenoxy) is 1. The molecular weight excluding hydrogens is 316 g/mol. The van der Waals surface area contributed by atoms with Gasteiger partial charge in [-0.3, -0.25) is 4.90 Å². The Kier molecular flexibility index (Phi) is 6.33. The summed E-state index contributed by atoms with van der Waals surface area (Å²) in [5, 5.41) is 3.44. The molecule has 3 nitrogen and oxygen atoms in total. The van der Waals surface area contributed by atoms with Crippen LogP contribution in [0.15, 0.2) is 22.7 Å². The third kappa shape index (κ3) is 4.47. The Balaban J connectivity index is 1.99. The molecule has 1 fully saturated rings. The first kappa shape index (κ1) is 15.8. The van der Waals surface area contributed by atoms with Crippen LogP contribution in [0.3, 0.4) is 0 Å². The first-order chi connectivity index (χ1) is 9.72. The molecule has 1 aliphatic rings. The molecule has 0 aliphatic carbocycles. The molecule has 0 bridgehead atoms. The van der Waals surface area contributed by atoms with Gasteiger partial charge in [-0.15, -0.1) is 0 Å². The Labute approximate surface area is 130 Å². The first-order valence-corrected chi connectivity index (χ1v) is 8.27. The van der Waals surface area contributed by atoms with Crippen LogP contribution in [-0.2, 0) is 6.54 Å². The lowest BCUT2D eigenvalue weighted by atomic mass is 9.97. The van der Waals surface area contributed by atoms with E-state index in [-0.39, 0.29) is 0 Å². The fourth-order valence-corrected chi connectivity index (χ4v) is 3.26. The second-order valence-corrected chi connectivity index (χ2v) is 6.39. The zero-order valence-electron chi connectivity index (χ0n) is 12.5. The van der Waals surface area contributed by atoms with Gasteiger partial charge in [-0.2, -0.15) is 0 Å². The minimum Gasteiger partial charge on any atom is -0.496 e. The summed E-state index contributed by atoms with van der Waals surface area (Å²) in [4.78, 5) is 2.53. The molecule has 0 saturated carbocycles. The molecule has 0 radical (unpaired) electrons. The van der Waals surface area contributed by atoms with Crippen LogP contribution in [0.4, 0.5) is 0 Å². The number of hydrogen-bond donors (Lipinski definition) is 1. The number of benzene rings is 1. The smallest absolute Gasteiger partial charge is 0.123 e. The molecule has 1 aromatic carbocycles. The molecule has 1 aromatic rings. The van der Waals surface area contributed by atoms with Crippen LogP contribution >= 0.6 is 15.9 Å². The van der Waals surface area contributed by atoms with Crippen molar-refractivity contribution in [1.82, 2.24) is 10.2 Å². The Bertz CT molecular complexity index is 419. The third-order valence-electron chi connectivity index (χ3n) is 4.06. The number of hydrogen-bond acceptors (Lipinski definition) is 3. The molecule has 0 aromatic heterocycles. The third-order valence-corrected chi connectivity index (χ3v) is 4.55. The molecule has 4 heteroatoms. The van der Waals surface area contributed by atoms with Crippen molar-refractivity contribution in [3.63, 3.8) is 0 Å². The van der Waals surface area contributed by atoms with Gasteiger partial charge in [0.05, 0.1) is 7.11 Å². The van der Waals surface area contributed by atoms with Gasteiger partial charge in [-0.05, 0) is 56.6 Å². The van der Waals surface area contributed by atoms with Gasteiger partial charge in [0, 0.05) is 23.1 Å². The summed E-state index contributed by atoms with van der Waals surface area (Å²) >= 11 is 3.55.